The van der Waals surface area contributed by atoms with Crippen molar-refractivity contribution in [2.24, 2.45) is 5.92 Å². The van der Waals surface area contributed by atoms with E-state index in [0.717, 1.165) is 0 Å². The monoisotopic (exact) mass is 277 g/mol. The van der Waals surface area contributed by atoms with E-state index in [1.54, 1.807) is 23.2 Å². The summed E-state index contributed by atoms with van der Waals surface area (Å²) in [7, 11) is 1.50. The summed E-state index contributed by atoms with van der Waals surface area (Å²) in [6.07, 6.45) is 2.99. The Hall–Kier alpha value is -1.95. The van der Waals surface area contributed by atoms with Crippen LogP contribution in [-0.2, 0) is 14.3 Å². The summed E-state index contributed by atoms with van der Waals surface area (Å²) in [5, 5.41) is 2.80. The van der Waals surface area contributed by atoms with Crippen LogP contribution < -0.4 is 5.32 Å². The average molecular weight is 277 g/mol. The first-order valence-electron chi connectivity index (χ1n) is 6.69. The van der Waals surface area contributed by atoms with Gasteiger partial charge in [-0.15, -0.1) is 0 Å². The smallest absolute Gasteiger partial charge is 0.248 e. The lowest BCUT2D eigenvalue weighted by atomic mass is 9.96. The van der Waals surface area contributed by atoms with Gasteiger partial charge in [0.05, 0.1) is 0 Å². The van der Waals surface area contributed by atoms with E-state index in [1.165, 1.54) is 7.11 Å². The van der Waals surface area contributed by atoms with Gasteiger partial charge in [0, 0.05) is 32.3 Å². The molecule has 0 radical (unpaired) electrons. The third-order valence-corrected chi connectivity index (χ3v) is 3.40. The van der Waals surface area contributed by atoms with Gasteiger partial charge in [-0.05, 0) is 25.0 Å². The number of nitrogens with zero attached hydrogens (tertiary/aromatic N) is 2. The number of ether oxygens (including phenoxy) is 1. The Balaban J connectivity index is 1.81. The Morgan fingerprint density at radius 2 is 2.15 bits per heavy atom. The molecular formula is C14H19N3O3. The van der Waals surface area contributed by atoms with Crippen molar-refractivity contribution < 1.29 is 14.3 Å². The molecule has 6 nitrogen and oxygen atoms in total. The molecule has 2 heterocycles. The van der Waals surface area contributed by atoms with E-state index in [2.05, 4.69) is 10.3 Å². The van der Waals surface area contributed by atoms with Crippen LogP contribution in [0.5, 0.6) is 0 Å². The van der Waals surface area contributed by atoms with Gasteiger partial charge in [0.25, 0.3) is 0 Å². The standard InChI is InChI=1S/C14H19N3O3/c1-20-10-13(18)17-8-5-11(6-9-17)14(19)16-12-4-2-3-7-15-12/h2-4,7,11H,5-6,8-10H2,1H3,(H,15,16,19). The second kappa shape index (κ2) is 7.00. The van der Waals surface area contributed by atoms with Crippen LogP contribution in [0.1, 0.15) is 12.8 Å². The molecule has 0 unspecified atom stereocenters. The summed E-state index contributed by atoms with van der Waals surface area (Å²) < 4.78 is 4.83. The highest BCUT2D eigenvalue weighted by Gasteiger charge is 2.27. The second-order valence-electron chi connectivity index (χ2n) is 4.79. The molecule has 1 saturated heterocycles. The second-order valence-corrected chi connectivity index (χ2v) is 4.79. The molecule has 0 atom stereocenters. The molecule has 0 bridgehead atoms. The van der Waals surface area contributed by atoms with E-state index in [1.807, 2.05) is 6.07 Å². The van der Waals surface area contributed by atoms with Gasteiger partial charge in [-0.3, -0.25) is 9.59 Å². The Labute approximate surface area is 118 Å². The van der Waals surface area contributed by atoms with Crippen LogP contribution in [0.3, 0.4) is 0 Å². The van der Waals surface area contributed by atoms with Gasteiger partial charge >= 0.3 is 0 Å². The summed E-state index contributed by atoms with van der Waals surface area (Å²) in [6, 6.07) is 5.39. The number of nitrogens with one attached hydrogen (secondary N) is 1. The lowest BCUT2D eigenvalue weighted by Gasteiger charge is -2.31. The van der Waals surface area contributed by atoms with E-state index < -0.39 is 0 Å². The van der Waals surface area contributed by atoms with Crippen LogP contribution >= 0.6 is 0 Å². The Morgan fingerprint density at radius 3 is 2.75 bits per heavy atom. The van der Waals surface area contributed by atoms with Crippen LogP contribution in [0.4, 0.5) is 5.82 Å². The minimum atomic E-state index is -0.0661. The SMILES string of the molecule is COCC(=O)N1CCC(C(=O)Nc2ccccn2)CC1. The number of hydrogen-bond donors (Lipinski definition) is 1. The summed E-state index contributed by atoms with van der Waals surface area (Å²) in [4.78, 5) is 29.6. The Bertz CT molecular complexity index is 456. The number of carbonyl (C=O) groups is 2. The first-order chi connectivity index (χ1) is 9.70. The van der Waals surface area contributed by atoms with E-state index >= 15 is 0 Å². The van der Waals surface area contributed by atoms with Gasteiger partial charge in [0.1, 0.15) is 12.4 Å². The summed E-state index contributed by atoms with van der Waals surface area (Å²) in [5.41, 5.74) is 0. The minimum Gasteiger partial charge on any atom is -0.375 e. The maximum atomic E-state index is 12.1. The fraction of sp³-hybridized carbons (Fsp3) is 0.500. The molecule has 0 aliphatic carbocycles. The van der Waals surface area contributed by atoms with Crippen LogP contribution in [0, 0.1) is 5.92 Å². The number of carbonyl (C=O) groups excluding carboxylic acids is 2. The summed E-state index contributed by atoms with van der Waals surface area (Å²) >= 11 is 0. The van der Waals surface area contributed by atoms with Gasteiger partial charge in [0.15, 0.2) is 0 Å². The molecule has 2 rings (SSSR count). The van der Waals surface area contributed by atoms with Gasteiger partial charge in [-0.25, -0.2) is 4.98 Å². The lowest BCUT2D eigenvalue weighted by molar-refractivity contribution is -0.138. The number of hydrogen-bond acceptors (Lipinski definition) is 4. The third-order valence-electron chi connectivity index (χ3n) is 3.40. The molecule has 6 heteroatoms. The number of amides is 2. The largest absolute Gasteiger partial charge is 0.375 e. The zero-order valence-electron chi connectivity index (χ0n) is 11.5. The zero-order valence-corrected chi connectivity index (χ0v) is 11.5. The van der Waals surface area contributed by atoms with Crippen LogP contribution in [0.2, 0.25) is 0 Å². The number of aromatic nitrogens is 1. The van der Waals surface area contributed by atoms with Gasteiger partial charge in [0.2, 0.25) is 11.8 Å². The van der Waals surface area contributed by atoms with Crippen molar-refractivity contribution in [1.82, 2.24) is 9.88 Å². The van der Waals surface area contributed by atoms with E-state index in [9.17, 15) is 9.59 Å². The van der Waals surface area contributed by atoms with Crippen molar-refractivity contribution in [3.8, 4) is 0 Å². The van der Waals surface area contributed by atoms with E-state index in [-0.39, 0.29) is 24.3 Å². The first-order valence-corrected chi connectivity index (χ1v) is 6.69. The van der Waals surface area contributed by atoms with E-state index in [4.69, 9.17) is 4.74 Å². The average Bonchev–Trinajstić information content (AvgIpc) is 2.48. The molecular weight excluding hydrogens is 258 g/mol. The maximum Gasteiger partial charge on any atom is 0.248 e. The van der Waals surface area contributed by atoms with E-state index in [0.29, 0.717) is 31.7 Å². The van der Waals surface area contributed by atoms with Crippen molar-refractivity contribution in [2.45, 2.75) is 12.8 Å². The molecule has 1 aromatic rings. The number of methoxy groups -OCH3 is 1. The highest BCUT2D eigenvalue weighted by molar-refractivity contribution is 5.91. The lowest BCUT2D eigenvalue weighted by Crippen LogP contribution is -2.42. The number of rotatable bonds is 4. The maximum absolute atomic E-state index is 12.1. The molecule has 20 heavy (non-hydrogen) atoms. The molecule has 1 fully saturated rings. The molecule has 108 valence electrons. The quantitative estimate of drug-likeness (QED) is 0.887. The highest BCUT2D eigenvalue weighted by atomic mass is 16.5. The van der Waals surface area contributed by atoms with Crippen molar-refractivity contribution in [1.29, 1.82) is 0 Å². The number of likely N-dealkylation sites (tertiary alicyclic amines) is 1. The number of pyridine rings is 1. The fourth-order valence-electron chi connectivity index (χ4n) is 2.27. The minimum absolute atomic E-state index is 0.0175. The predicted octanol–water partition coefficient (Wildman–Crippen LogP) is 0.905. The van der Waals surface area contributed by atoms with Crippen LogP contribution in [-0.4, -0.2) is 48.5 Å². The molecule has 1 aromatic heterocycles. The topological polar surface area (TPSA) is 71.5 Å². The van der Waals surface area contributed by atoms with Crippen molar-refractivity contribution in [3.05, 3.63) is 24.4 Å². The van der Waals surface area contributed by atoms with Gasteiger partial charge < -0.3 is 15.0 Å². The van der Waals surface area contributed by atoms with Crippen molar-refractivity contribution in [3.63, 3.8) is 0 Å². The zero-order chi connectivity index (χ0) is 14.4. The molecule has 0 spiro atoms. The molecule has 1 N–H and O–H groups in total. The number of anilines is 1. The third kappa shape index (κ3) is 3.77. The number of piperidine rings is 1. The predicted molar refractivity (Wildman–Crippen MR) is 74.0 cm³/mol. The summed E-state index contributed by atoms with van der Waals surface area (Å²) in [5.74, 6) is 0.456. The highest BCUT2D eigenvalue weighted by Crippen LogP contribution is 2.19. The first kappa shape index (κ1) is 14.5. The molecule has 0 saturated carbocycles. The normalized spacial score (nSPS) is 15.9. The Kier molecular flexibility index (Phi) is 5.06. The molecule has 2 amide bonds. The Morgan fingerprint density at radius 1 is 1.40 bits per heavy atom. The van der Waals surface area contributed by atoms with Crippen molar-refractivity contribution in [2.75, 3.05) is 32.1 Å². The van der Waals surface area contributed by atoms with Crippen LogP contribution in [0.25, 0.3) is 0 Å². The van der Waals surface area contributed by atoms with Gasteiger partial charge in [-0.2, -0.15) is 0 Å². The van der Waals surface area contributed by atoms with Gasteiger partial charge in [-0.1, -0.05) is 6.07 Å². The summed E-state index contributed by atoms with van der Waals surface area (Å²) in [6.45, 7) is 1.30. The van der Waals surface area contributed by atoms with Crippen LogP contribution in [0.15, 0.2) is 24.4 Å². The molecule has 1 aliphatic heterocycles. The molecule has 0 aromatic carbocycles. The molecule has 1 aliphatic rings. The van der Waals surface area contributed by atoms with Crippen molar-refractivity contribution >= 4 is 17.6 Å². The fourth-order valence-corrected chi connectivity index (χ4v) is 2.27.